The fraction of sp³-hybridized carbons (Fsp3) is 0.471. The summed E-state index contributed by atoms with van der Waals surface area (Å²) in [6, 6.07) is 5.00. The molecule has 1 aromatic heterocycles. The summed E-state index contributed by atoms with van der Waals surface area (Å²) >= 11 is 1.50. The number of fused-ring (bicyclic) bond motifs is 1. The standard InChI is InChI=1S/C17H22FNOS/c1-5-11(3)19(12(4)6-2)15-10-21-16-8-7-13(18)9-14(16)17(15)20/h7-12H,5-6H2,1-4H3/t11-,12+. The first-order chi connectivity index (χ1) is 9.99. The maximum atomic E-state index is 13.5. The summed E-state index contributed by atoms with van der Waals surface area (Å²) in [4.78, 5) is 14.9. The lowest BCUT2D eigenvalue weighted by Crippen LogP contribution is -2.42. The van der Waals surface area contributed by atoms with Crippen LogP contribution in [0, 0.1) is 5.82 Å². The zero-order valence-corrected chi connectivity index (χ0v) is 13.8. The topological polar surface area (TPSA) is 20.3 Å². The molecule has 2 aromatic rings. The Morgan fingerprint density at radius 2 is 1.81 bits per heavy atom. The minimum atomic E-state index is -0.359. The molecule has 0 fully saturated rings. The van der Waals surface area contributed by atoms with E-state index in [9.17, 15) is 9.18 Å². The molecule has 0 unspecified atom stereocenters. The van der Waals surface area contributed by atoms with E-state index in [0.29, 0.717) is 11.1 Å². The zero-order chi connectivity index (χ0) is 15.6. The molecule has 2 nitrogen and oxygen atoms in total. The second-order valence-corrected chi connectivity index (χ2v) is 6.42. The highest BCUT2D eigenvalue weighted by Crippen LogP contribution is 2.26. The Morgan fingerprint density at radius 3 is 2.38 bits per heavy atom. The first kappa shape index (κ1) is 16.0. The van der Waals surface area contributed by atoms with Crippen LogP contribution in [0.4, 0.5) is 10.1 Å². The summed E-state index contributed by atoms with van der Waals surface area (Å²) in [5.41, 5.74) is 0.630. The SMILES string of the molecule is CC[C@@H](C)N(c1csc2ccc(F)cc2c1=O)[C@@H](C)CC. The van der Waals surface area contributed by atoms with Gasteiger partial charge in [-0.05, 0) is 44.9 Å². The molecule has 1 aromatic carbocycles. The molecule has 0 N–H and O–H groups in total. The Morgan fingerprint density at radius 1 is 1.19 bits per heavy atom. The molecular formula is C17H22FNOS. The molecule has 1 heterocycles. The van der Waals surface area contributed by atoms with Gasteiger partial charge in [-0.15, -0.1) is 11.3 Å². The van der Waals surface area contributed by atoms with Crippen LogP contribution in [0.15, 0.2) is 28.4 Å². The normalized spacial score (nSPS) is 14.1. The van der Waals surface area contributed by atoms with E-state index in [2.05, 4.69) is 32.6 Å². The molecule has 0 aliphatic carbocycles. The molecule has 0 amide bonds. The van der Waals surface area contributed by atoms with E-state index in [1.807, 2.05) is 5.38 Å². The smallest absolute Gasteiger partial charge is 0.211 e. The largest absolute Gasteiger partial charge is 0.362 e. The van der Waals surface area contributed by atoms with Crippen LogP contribution in [0.25, 0.3) is 10.1 Å². The van der Waals surface area contributed by atoms with Gasteiger partial charge in [0.25, 0.3) is 0 Å². The quantitative estimate of drug-likeness (QED) is 0.790. The van der Waals surface area contributed by atoms with E-state index in [-0.39, 0.29) is 23.3 Å². The molecule has 0 bridgehead atoms. The van der Waals surface area contributed by atoms with Gasteiger partial charge in [-0.25, -0.2) is 4.39 Å². The predicted octanol–water partition coefficient (Wildman–Crippen LogP) is 4.80. The van der Waals surface area contributed by atoms with Crippen LogP contribution >= 0.6 is 11.3 Å². The number of rotatable bonds is 5. The Labute approximate surface area is 129 Å². The van der Waals surface area contributed by atoms with Gasteiger partial charge in [-0.2, -0.15) is 0 Å². The number of hydrogen-bond donors (Lipinski definition) is 0. The number of hydrogen-bond acceptors (Lipinski definition) is 3. The van der Waals surface area contributed by atoms with Gasteiger partial charge in [0.1, 0.15) is 5.82 Å². The van der Waals surface area contributed by atoms with Gasteiger partial charge < -0.3 is 4.90 Å². The van der Waals surface area contributed by atoms with E-state index < -0.39 is 0 Å². The Kier molecular flexibility index (Phi) is 4.99. The molecular weight excluding hydrogens is 285 g/mol. The van der Waals surface area contributed by atoms with Gasteiger partial charge in [0.05, 0.1) is 5.69 Å². The van der Waals surface area contributed by atoms with E-state index in [1.165, 1.54) is 23.5 Å². The minimum Gasteiger partial charge on any atom is -0.362 e. The minimum absolute atomic E-state index is 0.0659. The fourth-order valence-electron chi connectivity index (χ4n) is 2.57. The van der Waals surface area contributed by atoms with Gasteiger partial charge in [-0.3, -0.25) is 4.79 Å². The monoisotopic (exact) mass is 307 g/mol. The van der Waals surface area contributed by atoms with Crippen LogP contribution < -0.4 is 10.3 Å². The van der Waals surface area contributed by atoms with Crippen molar-refractivity contribution < 1.29 is 4.39 Å². The van der Waals surface area contributed by atoms with Gasteiger partial charge in [0.2, 0.25) is 5.43 Å². The van der Waals surface area contributed by atoms with E-state index in [1.54, 1.807) is 6.07 Å². The summed E-state index contributed by atoms with van der Waals surface area (Å²) in [5, 5.41) is 2.40. The van der Waals surface area contributed by atoms with Crippen LogP contribution in [0.2, 0.25) is 0 Å². The van der Waals surface area contributed by atoms with Gasteiger partial charge in [0.15, 0.2) is 0 Å². The Bertz CT molecular complexity index is 672. The average Bonchev–Trinajstić information content (AvgIpc) is 2.49. The van der Waals surface area contributed by atoms with Crippen molar-refractivity contribution in [2.75, 3.05) is 4.90 Å². The third-order valence-electron chi connectivity index (χ3n) is 4.13. The second kappa shape index (κ2) is 6.56. The summed E-state index contributed by atoms with van der Waals surface area (Å²) < 4.78 is 14.3. The summed E-state index contributed by atoms with van der Waals surface area (Å²) in [7, 11) is 0. The Hall–Kier alpha value is -1.42. The maximum Gasteiger partial charge on any atom is 0.211 e. The van der Waals surface area contributed by atoms with Crippen molar-refractivity contribution in [1.82, 2.24) is 0 Å². The van der Waals surface area contributed by atoms with Gasteiger partial charge in [0, 0.05) is 27.5 Å². The van der Waals surface area contributed by atoms with Crippen molar-refractivity contribution >= 4 is 27.1 Å². The van der Waals surface area contributed by atoms with Crippen molar-refractivity contribution in [2.45, 2.75) is 52.6 Å². The lowest BCUT2D eigenvalue weighted by molar-refractivity contribution is 0.527. The Balaban J connectivity index is 2.63. The third-order valence-corrected chi connectivity index (χ3v) is 5.08. The highest BCUT2D eigenvalue weighted by molar-refractivity contribution is 7.16. The van der Waals surface area contributed by atoms with Crippen LogP contribution in [-0.2, 0) is 0 Å². The zero-order valence-electron chi connectivity index (χ0n) is 13.0. The highest BCUT2D eigenvalue weighted by Gasteiger charge is 2.21. The molecule has 2 atom stereocenters. The maximum absolute atomic E-state index is 13.5. The fourth-order valence-corrected chi connectivity index (χ4v) is 3.47. The highest BCUT2D eigenvalue weighted by atomic mass is 32.1. The molecule has 0 radical (unpaired) electrons. The van der Waals surface area contributed by atoms with Crippen molar-refractivity contribution in [3.63, 3.8) is 0 Å². The van der Waals surface area contributed by atoms with Crippen LogP contribution in [0.3, 0.4) is 0 Å². The number of anilines is 1. The lowest BCUT2D eigenvalue weighted by Gasteiger charge is -2.35. The molecule has 2 rings (SSSR count). The van der Waals surface area contributed by atoms with Gasteiger partial charge in [-0.1, -0.05) is 13.8 Å². The van der Waals surface area contributed by atoms with Crippen molar-refractivity contribution in [3.8, 4) is 0 Å². The van der Waals surface area contributed by atoms with Crippen molar-refractivity contribution in [1.29, 1.82) is 0 Å². The molecule has 114 valence electrons. The predicted molar refractivity (Wildman–Crippen MR) is 90.0 cm³/mol. The van der Waals surface area contributed by atoms with E-state index in [4.69, 9.17) is 0 Å². The average molecular weight is 307 g/mol. The molecule has 0 saturated carbocycles. The van der Waals surface area contributed by atoms with Crippen LogP contribution in [0.5, 0.6) is 0 Å². The number of nitrogens with zero attached hydrogens (tertiary/aromatic N) is 1. The molecule has 0 aliphatic rings. The summed E-state index contributed by atoms with van der Waals surface area (Å²) in [5.74, 6) is -0.359. The molecule has 0 spiro atoms. The van der Waals surface area contributed by atoms with Crippen molar-refractivity contribution in [2.24, 2.45) is 0 Å². The first-order valence-corrected chi connectivity index (χ1v) is 8.36. The van der Waals surface area contributed by atoms with E-state index in [0.717, 1.165) is 17.5 Å². The molecule has 21 heavy (non-hydrogen) atoms. The number of halogens is 1. The lowest BCUT2D eigenvalue weighted by atomic mass is 10.1. The second-order valence-electron chi connectivity index (χ2n) is 5.51. The first-order valence-electron chi connectivity index (χ1n) is 7.49. The van der Waals surface area contributed by atoms with Crippen molar-refractivity contribution in [3.05, 3.63) is 39.6 Å². The molecule has 4 heteroatoms. The summed E-state index contributed by atoms with van der Waals surface area (Å²) in [6.07, 6.45) is 1.94. The molecule has 0 saturated heterocycles. The third kappa shape index (κ3) is 3.10. The molecule has 0 aliphatic heterocycles. The van der Waals surface area contributed by atoms with Crippen LogP contribution in [0.1, 0.15) is 40.5 Å². The summed E-state index contributed by atoms with van der Waals surface area (Å²) in [6.45, 7) is 8.50. The van der Waals surface area contributed by atoms with Gasteiger partial charge >= 0.3 is 0 Å². The van der Waals surface area contributed by atoms with E-state index >= 15 is 0 Å². The van der Waals surface area contributed by atoms with Crippen LogP contribution in [-0.4, -0.2) is 12.1 Å². The number of benzene rings is 1.